The van der Waals surface area contributed by atoms with Gasteiger partial charge in [-0.15, -0.1) is 0 Å². The Labute approximate surface area is 164 Å². The monoisotopic (exact) mass is 373 g/mol. The summed E-state index contributed by atoms with van der Waals surface area (Å²) >= 11 is 0. The molecule has 3 aromatic rings. The number of nitrogens with zero attached hydrogens (tertiary/aromatic N) is 2. The molecule has 6 nitrogen and oxygen atoms in total. The number of oxazole rings is 1. The lowest BCUT2D eigenvalue weighted by Crippen LogP contribution is -2.05. The van der Waals surface area contributed by atoms with Crippen molar-refractivity contribution in [2.45, 2.75) is 32.1 Å². The van der Waals surface area contributed by atoms with Crippen molar-refractivity contribution in [3.05, 3.63) is 77.0 Å². The lowest BCUT2D eigenvalue weighted by Gasteiger charge is -2.05. The standard InChI is InChI=1S/C12H13N.C10H10N4O/c13-9-10-6-7-11-4-2-1-3-5-12(11)8-10;11-6-1-2-8(12)7(3-6)10(13)9-4-14-5-15-9/h6-8H,1-5H2;1-5,13H,11-12H2. The van der Waals surface area contributed by atoms with E-state index in [-0.39, 0.29) is 5.71 Å². The van der Waals surface area contributed by atoms with Gasteiger partial charge in [0.25, 0.3) is 0 Å². The molecule has 2 aromatic carbocycles. The number of aryl methyl sites for hydroxylation is 2. The number of rotatable bonds is 2. The van der Waals surface area contributed by atoms with Gasteiger partial charge < -0.3 is 15.9 Å². The summed E-state index contributed by atoms with van der Waals surface area (Å²) in [6.07, 6.45) is 9.00. The predicted octanol–water partition coefficient (Wildman–Crippen LogP) is 4.08. The van der Waals surface area contributed by atoms with Crippen molar-refractivity contribution >= 4 is 17.1 Å². The highest BCUT2D eigenvalue weighted by molar-refractivity contribution is 6.12. The zero-order valence-electron chi connectivity index (χ0n) is 15.6. The van der Waals surface area contributed by atoms with Crippen LogP contribution in [0.5, 0.6) is 0 Å². The summed E-state index contributed by atoms with van der Waals surface area (Å²) in [5, 5.41) is 16.6. The molecule has 0 bridgehead atoms. The van der Waals surface area contributed by atoms with Crippen LogP contribution in [0.1, 0.15) is 47.3 Å². The lowest BCUT2D eigenvalue weighted by molar-refractivity contribution is 0.548. The maximum absolute atomic E-state index is 8.76. The van der Waals surface area contributed by atoms with Crippen LogP contribution in [0.15, 0.2) is 53.4 Å². The summed E-state index contributed by atoms with van der Waals surface area (Å²) in [7, 11) is 0. The molecule has 1 heterocycles. The summed E-state index contributed by atoms with van der Waals surface area (Å²) in [4.78, 5) is 3.74. The van der Waals surface area contributed by atoms with Gasteiger partial charge in [0.15, 0.2) is 12.2 Å². The third kappa shape index (κ3) is 4.57. The number of nitrogens with one attached hydrogen (secondary N) is 1. The first-order valence-corrected chi connectivity index (χ1v) is 9.23. The fourth-order valence-corrected chi connectivity index (χ4v) is 3.24. The van der Waals surface area contributed by atoms with Gasteiger partial charge in [-0.1, -0.05) is 12.5 Å². The van der Waals surface area contributed by atoms with Gasteiger partial charge in [0, 0.05) is 16.9 Å². The highest BCUT2D eigenvalue weighted by atomic mass is 16.3. The maximum atomic E-state index is 8.76. The summed E-state index contributed by atoms with van der Waals surface area (Å²) < 4.78 is 5.01. The average molecular weight is 373 g/mol. The number of nitrogen functional groups attached to an aromatic ring is 2. The molecule has 6 heteroatoms. The fourth-order valence-electron chi connectivity index (χ4n) is 3.24. The molecule has 0 atom stereocenters. The molecule has 142 valence electrons. The van der Waals surface area contributed by atoms with Crippen LogP contribution in [0, 0.1) is 16.7 Å². The molecule has 0 fully saturated rings. The van der Waals surface area contributed by atoms with Crippen molar-refractivity contribution in [2.75, 3.05) is 11.5 Å². The molecule has 1 aromatic heterocycles. The maximum Gasteiger partial charge on any atom is 0.181 e. The number of hydrogen-bond donors (Lipinski definition) is 3. The van der Waals surface area contributed by atoms with Gasteiger partial charge >= 0.3 is 0 Å². The molecule has 0 radical (unpaired) electrons. The first-order chi connectivity index (χ1) is 13.6. The minimum atomic E-state index is 0.178. The molecule has 0 saturated carbocycles. The van der Waals surface area contributed by atoms with Gasteiger partial charge in [0.1, 0.15) is 5.71 Å². The van der Waals surface area contributed by atoms with E-state index in [9.17, 15) is 0 Å². The summed E-state index contributed by atoms with van der Waals surface area (Å²) in [6.45, 7) is 0. The third-order valence-corrected chi connectivity index (χ3v) is 4.75. The van der Waals surface area contributed by atoms with E-state index in [1.165, 1.54) is 49.4 Å². The molecule has 0 saturated heterocycles. The van der Waals surface area contributed by atoms with Gasteiger partial charge in [-0.3, -0.25) is 5.41 Å². The zero-order chi connectivity index (χ0) is 19.9. The average Bonchev–Trinajstić information content (AvgIpc) is 3.15. The Balaban J connectivity index is 0.000000162. The molecule has 5 N–H and O–H groups in total. The predicted molar refractivity (Wildman–Crippen MR) is 110 cm³/mol. The summed E-state index contributed by atoms with van der Waals surface area (Å²) in [5.74, 6) is 0.368. The van der Waals surface area contributed by atoms with Crippen molar-refractivity contribution in [2.24, 2.45) is 0 Å². The quantitative estimate of drug-likeness (QED) is 0.354. The van der Waals surface area contributed by atoms with Gasteiger partial charge in [0.2, 0.25) is 0 Å². The molecule has 28 heavy (non-hydrogen) atoms. The fraction of sp³-hybridized carbons (Fsp3) is 0.227. The topological polar surface area (TPSA) is 126 Å². The number of nitriles is 1. The van der Waals surface area contributed by atoms with Crippen LogP contribution < -0.4 is 11.5 Å². The van der Waals surface area contributed by atoms with Crippen molar-refractivity contribution in [1.29, 1.82) is 10.7 Å². The highest BCUT2D eigenvalue weighted by Gasteiger charge is 2.11. The van der Waals surface area contributed by atoms with Gasteiger partial charge in [-0.05, 0) is 67.1 Å². The van der Waals surface area contributed by atoms with Gasteiger partial charge in [-0.25, -0.2) is 4.98 Å². The second kappa shape index (κ2) is 8.87. The Morgan fingerprint density at radius 1 is 1.04 bits per heavy atom. The van der Waals surface area contributed by atoms with Crippen LogP contribution >= 0.6 is 0 Å². The molecular formula is C22H23N5O. The van der Waals surface area contributed by atoms with Crippen molar-refractivity contribution in [3.8, 4) is 6.07 Å². The Bertz CT molecular complexity index is 1000. The Kier molecular flexibility index (Phi) is 6.07. The smallest absolute Gasteiger partial charge is 0.181 e. The van der Waals surface area contributed by atoms with Crippen LogP contribution in [0.2, 0.25) is 0 Å². The zero-order valence-corrected chi connectivity index (χ0v) is 15.6. The van der Waals surface area contributed by atoms with Crippen molar-refractivity contribution in [1.82, 2.24) is 4.98 Å². The highest BCUT2D eigenvalue weighted by Crippen LogP contribution is 2.21. The SMILES string of the molecule is N#Cc1ccc2c(c1)CCCCC2.N=C(c1cnco1)c1cc(N)ccc1N. The number of hydrogen-bond acceptors (Lipinski definition) is 6. The van der Waals surface area contributed by atoms with E-state index in [4.69, 9.17) is 26.6 Å². The Morgan fingerprint density at radius 3 is 2.54 bits per heavy atom. The van der Waals surface area contributed by atoms with Crippen molar-refractivity contribution < 1.29 is 4.42 Å². The van der Waals surface area contributed by atoms with E-state index in [1.807, 2.05) is 6.07 Å². The van der Waals surface area contributed by atoms with E-state index in [0.717, 1.165) is 12.0 Å². The van der Waals surface area contributed by atoms with E-state index >= 15 is 0 Å². The van der Waals surface area contributed by atoms with Crippen LogP contribution in [0.3, 0.4) is 0 Å². The third-order valence-electron chi connectivity index (χ3n) is 4.75. The second-order valence-electron chi connectivity index (χ2n) is 6.74. The van der Waals surface area contributed by atoms with E-state index in [1.54, 1.807) is 18.2 Å². The van der Waals surface area contributed by atoms with Crippen molar-refractivity contribution in [3.63, 3.8) is 0 Å². The number of nitrogens with two attached hydrogens (primary N) is 2. The van der Waals surface area contributed by atoms with Gasteiger partial charge in [-0.2, -0.15) is 5.26 Å². The molecule has 0 amide bonds. The first-order valence-electron chi connectivity index (χ1n) is 9.23. The van der Waals surface area contributed by atoms with Crippen LogP contribution in [-0.2, 0) is 12.8 Å². The first kappa shape index (κ1) is 19.2. The number of anilines is 2. The molecule has 1 aliphatic rings. The minimum Gasteiger partial charge on any atom is -0.442 e. The largest absolute Gasteiger partial charge is 0.442 e. The molecule has 0 aliphatic heterocycles. The molecular weight excluding hydrogens is 350 g/mol. The number of fused-ring (bicyclic) bond motifs is 1. The van der Waals surface area contributed by atoms with Crippen LogP contribution in [0.4, 0.5) is 11.4 Å². The molecule has 4 rings (SSSR count). The number of benzene rings is 2. The molecule has 0 spiro atoms. The minimum absolute atomic E-state index is 0.178. The Hall–Kier alpha value is -3.59. The van der Waals surface area contributed by atoms with E-state index in [0.29, 0.717) is 22.7 Å². The lowest BCUT2D eigenvalue weighted by atomic mass is 10.0. The van der Waals surface area contributed by atoms with Gasteiger partial charge in [0.05, 0.1) is 17.8 Å². The van der Waals surface area contributed by atoms with E-state index < -0.39 is 0 Å². The normalized spacial score (nSPS) is 12.7. The Morgan fingerprint density at radius 2 is 1.82 bits per heavy atom. The number of aromatic nitrogens is 1. The summed E-state index contributed by atoms with van der Waals surface area (Å²) in [5.41, 5.74) is 16.8. The molecule has 0 unspecified atom stereocenters. The second-order valence-corrected chi connectivity index (χ2v) is 6.74. The molecule has 1 aliphatic carbocycles. The van der Waals surface area contributed by atoms with Crippen LogP contribution in [0.25, 0.3) is 0 Å². The van der Waals surface area contributed by atoms with E-state index in [2.05, 4.69) is 23.2 Å². The summed E-state index contributed by atoms with van der Waals surface area (Å²) in [6, 6.07) is 13.3. The van der Waals surface area contributed by atoms with Crippen LogP contribution in [-0.4, -0.2) is 10.7 Å².